The first-order chi connectivity index (χ1) is 7.06. The van der Waals surface area contributed by atoms with E-state index < -0.39 is 5.91 Å². The maximum absolute atomic E-state index is 11.3. The summed E-state index contributed by atoms with van der Waals surface area (Å²) in [5, 5.41) is 2.71. The van der Waals surface area contributed by atoms with Crippen LogP contribution in [0.3, 0.4) is 0 Å². The Bertz CT molecular complexity index is 209. The van der Waals surface area contributed by atoms with Crippen LogP contribution in [0.1, 0.15) is 6.42 Å². The summed E-state index contributed by atoms with van der Waals surface area (Å²) in [6.45, 7) is 1.47. The van der Waals surface area contributed by atoms with Crippen molar-refractivity contribution in [1.82, 2.24) is 10.2 Å². The Morgan fingerprint density at radius 2 is 2.07 bits per heavy atom. The lowest BCUT2D eigenvalue weighted by molar-refractivity contribution is -0.123. The SMILES string of the molecule is COCCCNC(=O)CN(C)CC(N)=O. The molecule has 3 N–H and O–H groups in total. The summed E-state index contributed by atoms with van der Waals surface area (Å²) in [5.74, 6) is -0.556. The molecule has 88 valence electrons. The average Bonchev–Trinajstić information content (AvgIpc) is 2.10. The maximum atomic E-state index is 11.3. The van der Waals surface area contributed by atoms with Gasteiger partial charge in [0.15, 0.2) is 0 Å². The van der Waals surface area contributed by atoms with Gasteiger partial charge in [0.2, 0.25) is 11.8 Å². The lowest BCUT2D eigenvalue weighted by Crippen LogP contribution is -2.39. The minimum Gasteiger partial charge on any atom is -0.385 e. The predicted molar refractivity (Wildman–Crippen MR) is 56.2 cm³/mol. The Hall–Kier alpha value is -1.14. The molecule has 0 aromatic carbocycles. The first-order valence-electron chi connectivity index (χ1n) is 4.78. The third-order valence-corrected chi connectivity index (χ3v) is 1.69. The summed E-state index contributed by atoms with van der Waals surface area (Å²) in [7, 11) is 3.28. The quantitative estimate of drug-likeness (QED) is 0.487. The van der Waals surface area contributed by atoms with Gasteiger partial charge in [-0.3, -0.25) is 14.5 Å². The third kappa shape index (κ3) is 9.17. The van der Waals surface area contributed by atoms with Crippen molar-refractivity contribution in [1.29, 1.82) is 0 Å². The molecule has 0 spiro atoms. The van der Waals surface area contributed by atoms with Crippen LogP contribution < -0.4 is 11.1 Å². The molecule has 2 amide bonds. The van der Waals surface area contributed by atoms with Gasteiger partial charge in [0.05, 0.1) is 13.1 Å². The number of primary amides is 1. The smallest absolute Gasteiger partial charge is 0.234 e. The Morgan fingerprint density at radius 3 is 2.60 bits per heavy atom. The number of methoxy groups -OCH3 is 1. The molecule has 0 unspecified atom stereocenters. The number of ether oxygens (including phenoxy) is 1. The van der Waals surface area contributed by atoms with E-state index >= 15 is 0 Å². The van der Waals surface area contributed by atoms with E-state index in [-0.39, 0.29) is 19.0 Å². The minimum atomic E-state index is -0.440. The summed E-state index contributed by atoms with van der Waals surface area (Å²) >= 11 is 0. The second kappa shape index (κ2) is 8.19. The molecule has 0 fully saturated rings. The number of nitrogens with one attached hydrogen (secondary N) is 1. The fourth-order valence-corrected chi connectivity index (χ4v) is 1.07. The molecule has 0 aromatic heterocycles. The Labute approximate surface area is 89.7 Å². The zero-order valence-electron chi connectivity index (χ0n) is 9.28. The molecule has 0 heterocycles. The van der Waals surface area contributed by atoms with Crippen molar-refractivity contribution in [3.05, 3.63) is 0 Å². The van der Waals surface area contributed by atoms with Gasteiger partial charge in [-0.15, -0.1) is 0 Å². The van der Waals surface area contributed by atoms with Crippen LogP contribution in [0, 0.1) is 0 Å². The van der Waals surface area contributed by atoms with Crippen molar-refractivity contribution >= 4 is 11.8 Å². The molecule has 0 saturated carbocycles. The number of carbonyl (C=O) groups excluding carboxylic acids is 2. The van der Waals surface area contributed by atoms with E-state index in [1.807, 2.05) is 0 Å². The monoisotopic (exact) mass is 217 g/mol. The topological polar surface area (TPSA) is 84.7 Å². The number of carbonyl (C=O) groups is 2. The third-order valence-electron chi connectivity index (χ3n) is 1.69. The predicted octanol–water partition coefficient (Wildman–Crippen LogP) is -1.44. The van der Waals surface area contributed by atoms with Crippen LogP contribution in [0.25, 0.3) is 0 Å². The minimum absolute atomic E-state index is 0.0888. The lowest BCUT2D eigenvalue weighted by atomic mass is 10.4. The number of likely N-dealkylation sites (N-methyl/N-ethyl adjacent to an activating group) is 1. The summed E-state index contributed by atoms with van der Waals surface area (Å²) in [5.41, 5.74) is 4.98. The largest absolute Gasteiger partial charge is 0.385 e. The van der Waals surface area contributed by atoms with E-state index in [1.165, 1.54) is 0 Å². The van der Waals surface area contributed by atoms with Crippen molar-refractivity contribution < 1.29 is 14.3 Å². The second-order valence-electron chi connectivity index (χ2n) is 3.33. The van der Waals surface area contributed by atoms with E-state index in [0.717, 1.165) is 6.42 Å². The van der Waals surface area contributed by atoms with Gasteiger partial charge < -0.3 is 15.8 Å². The molecule has 15 heavy (non-hydrogen) atoms. The van der Waals surface area contributed by atoms with E-state index in [4.69, 9.17) is 10.5 Å². The fraction of sp³-hybridized carbons (Fsp3) is 0.778. The van der Waals surface area contributed by atoms with Crippen LogP contribution in [-0.2, 0) is 14.3 Å². The van der Waals surface area contributed by atoms with Crippen molar-refractivity contribution in [2.75, 3.05) is 40.4 Å². The molecule has 0 aliphatic heterocycles. The highest BCUT2D eigenvalue weighted by molar-refractivity contribution is 5.80. The summed E-state index contributed by atoms with van der Waals surface area (Å²) in [4.78, 5) is 23.3. The van der Waals surface area contributed by atoms with Crippen molar-refractivity contribution in [2.24, 2.45) is 5.73 Å². The first kappa shape index (κ1) is 13.9. The summed E-state index contributed by atoms with van der Waals surface area (Å²) in [6, 6.07) is 0. The van der Waals surface area contributed by atoms with E-state index in [1.54, 1.807) is 19.1 Å². The van der Waals surface area contributed by atoms with Crippen LogP contribution >= 0.6 is 0 Å². The molecule has 0 atom stereocenters. The molecule has 6 nitrogen and oxygen atoms in total. The maximum Gasteiger partial charge on any atom is 0.234 e. The van der Waals surface area contributed by atoms with Crippen LogP contribution in [0.15, 0.2) is 0 Å². The standard InChI is InChI=1S/C9H19N3O3/c1-12(6-8(10)13)7-9(14)11-4-3-5-15-2/h3-7H2,1-2H3,(H2,10,13)(H,11,14). The van der Waals surface area contributed by atoms with E-state index in [9.17, 15) is 9.59 Å². The van der Waals surface area contributed by atoms with Crippen molar-refractivity contribution in [3.8, 4) is 0 Å². The van der Waals surface area contributed by atoms with Crippen LogP contribution in [-0.4, -0.2) is 57.1 Å². The second-order valence-corrected chi connectivity index (χ2v) is 3.33. The number of hydrogen-bond acceptors (Lipinski definition) is 4. The number of nitrogens with two attached hydrogens (primary N) is 1. The molecule has 0 aliphatic carbocycles. The van der Waals surface area contributed by atoms with E-state index in [2.05, 4.69) is 5.32 Å². The van der Waals surface area contributed by atoms with Gasteiger partial charge in [-0.2, -0.15) is 0 Å². The molecule has 0 aromatic rings. The molecule has 0 aliphatic rings. The molecule has 6 heteroatoms. The van der Waals surface area contributed by atoms with Crippen LogP contribution in [0.2, 0.25) is 0 Å². The van der Waals surface area contributed by atoms with Crippen LogP contribution in [0.5, 0.6) is 0 Å². The normalized spacial score (nSPS) is 10.3. The van der Waals surface area contributed by atoms with Gasteiger partial charge in [0, 0.05) is 20.3 Å². The number of hydrogen-bond donors (Lipinski definition) is 2. The lowest BCUT2D eigenvalue weighted by Gasteiger charge is -2.13. The molecule has 0 saturated heterocycles. The zero-order chi connectivity index (χ0) is 11.7. The van der Waals surface area contributed by atoms with Gasteiger partial charge in [-0.1, -0.05) is 0 Å². The summed E-state index contributed by atoms with van der Waals surface area (Å²) < 4.78 is 4.83. The number of amides is 2. The van der Waals surface area contributed by atoms with Crippen LogP contribution in [0.4, 0.5) is 0 Å². The van der Waals surface area contributed by atoms with Gasteiger partial charge in [0.25, 0.3) is 0 Å². The van der Waals surface area contributed by atoms with E-state index in [0.29, 0.717) is 13.2 Å². The fourth-order valence-electron chi connectivity index (χ4n) is 1.07. The molecular formula is C9H19N3O3. The Kier molecular flexibility index (Phi) is 7.57. The highest BCUT2D eigenvalue weighted by atomic mass is 16.5. The number of rotatable bonds is 8. The molecular weight excluding hydrogens is 198 g/mol. The summed E-state index contributed by atoms with van der Waals surface area (Å²) in [6.07, 6.45) is 0.780. The molecule has 0 bridgehead atoms. The van der Waals surface area contributed by atoms with Gasteiger partial charge >= 0.3 is 0 Å². The Balaban J connectivity index is 3.51. The number of nitrogens with zero attached hydrogens (tertiary/aromatic N) is 1. The van der Waals surface area contributed by atoms with Gasteiger partial charge in [-0.05, 0) is 13.5 Å². The van der Waals surface area contributed by atoms with Crippen molar-refractivity contribution in [3.63, 3.8) is 0 Å². The molecule has 0 radical (unpaired) electrons. The highest BCUT2D eigenvalue weighted by Crippen LogP contribution is 1.82. The Morgan fingerprint density at radius 1 is 1.40 bits per heavy atom. The van der Waals surface area contributed by atoms with Crippen molar-refractivity contribution in [2.45, 2.75) is 6.42 Å². The van der Waals surface area contributed by atoms with Gasteiger partial charge in [0.1, 0.15) is 0 Å². The van der Waals surface area contributed by atoms with Gasteiger partial charge in [-0.25, -0.2) is 0 Å². The molecule has 0 rings (SSSR count). The highest BCUT2D eigenvalue weighted by Gasteiger charge is 2.07. The first-order valence-corrected chi connectivity index (χ1v) is 4.78. The average molecular weight is 217 g/mol. The zero-order valence-corrected chi connectivity index (χ0v) is 9.28.